The third-order valence-electron chi connectivity index (χ3n) is 2.65. The highest BCUT2D eigenvalue weighted by atomic mass is 35.5. The van der Waals surface area contributed by atoms with E-state index in [0.29, 0.717) is 13.2 Å². The first-order valence-electron chi connectivity index (χ1n) is 5.21. The van der Waals surface area contributed by atoms with Gasteiger partial charge in [-0.2, -0.15) is 0 Å². The molecule has 17 heavy (non-hydrogen) atoms. The molecule has 0 aliphatic carbocycles. The number of amides is 1. The highest BCUT2D eigenvalue weighted by molar-refractivity contribution is 6.40. The summed E-state index contributed by atoms with van der Waals surface area (Å²) in [5.41, 5.74) is 6.26. The Bertz CT molecular complexity index is 422. The van der Waals surface area contributed by atoms with E-state index in [-0.39, 0.29) is 15.6 Å². The summed E-state index contributed by atoms with van der Waals surface area (Å²) >= 11 is 12.0. The molecule has 1 saturated heterocycles. The number of carbonyl (C=O) groups is 1. The van der Waals surface area contributed by atoms with Gasteiger partial charge in [-0.25, -0.2) is 0 Å². The van der Waals surface area contributed by atoms with E-state index in [0.717, 1.165) is 18.8 Å². The first-order valence-corrected chi connectivity index (χ1v) is 5.96. The van der Waals surface area contributed by atoms with Crippen LogP contribution in [0.5, 0.6) is 0 Å². The lowest BCUT2D eigenvalue weighted by molar-refractivity contribution is 0.100. The van der Waals surface area contributed by atoms with E-state index in [9.17, 15) is 4.79 Å². The van der Waals surface area contributed by atoms with Crippen LogP contribution in [0.25, 0.3) is 0 Å². The average Bonchev–Trinajstić information content (AvgIpc) is 2.28. The van der Waals surface area contributed by atoms with Gasteiger partial charge >= 0.3 is 0 Å². The Morgan fingerprint density at radius 1 is 1.24 bits per heavy atom. The minimum atomic E-state index is -0.617. The maximum atomic E-state index is 11.1. The Hall–Kier alpha value is -0.970. The van der Waals surface area contributed by atoms with Gasteiger partial charge in [0.25, 0.3) is 5.91 Å². The summed E-state index contributed by atoms with van der Waals surface area (Å²) in [5, 5.41) is 0.568. The van der Waals surface area contributed by atoms with Gasteiger partial charge < -0.3 is 15.4 Å². The topological polar surface area (TPSA) is 55.6 Å². The molecule has 1 amide bonds. The minimum Gasteiger partial charge on any atom is -0.378 e. The summed E-state index contributed by atoms with van der Waals surface area (Å²) in [4.78, 5) is 13.3. The molecular formula is C11H12Cl2N2O2. The normalized spacial score (nSPS) is 16.0. The molecule has 1 aromatic carbocycles. The molecule has 0 radical (unpaired) electrons. The number of morpholine rings is 1. The Morgan fingerprint density at radius 3 is 2.24 bits per heavy atom. The van der Waals surface area contributed by atoms with Crippen LogP contribution in [0.15, 0.2) is 12.1 Å². The van der Waals surface area contributed by atoms with Crippen molar-refractivity contribution in [2.45, 2.75) is 0 Å². The number of nitrogens with zero attached hydrogens (tertiary/aromatic N) is 1. The maximum absolute atomic E-state index is 11.1. The summed E-state index contributed by atoms with van der Waals surface area (Å²) in [6, 6.07) is 3.41. The summed E-state index contributed by atoms with van der Waals surface area (Å²) in [7, 11) is 0. The third-order valence-corrected chi connectivity index (χ3v) is 3.25. The first-order chi connectivity index (χ1) is 8.09. The van der Waals surface area contributed by atoms with Crippen molar-refractivity contribution in [3.8, 4) is 0 Å². The molecule has 0 unspecified atom stereocenters. The highest BCUT2D eigenvalue weighted by Gasteiger charge is 2.17. The number of hydrogen-bond donors (Lipinski definition) is 1. The molecule has 0 saturated carbocycles. The number of rotatable bonds is 2. The van der Waals surface area contributed by atoms with Crippen LogP contribution in [-0.2, 0) is 4.74 Å². The van der Waals surface area contributed by atoms with Gasteiger partial charge in [0, 0.05) is 18.8 Å². The molecule has 6 heteroatoms. The number of anilines is 1. The van der Waals surface area contributed by atoms with E-state index in [1.54, 1.807) is 12.1 Å². The lowest BCUT2D eigenvalue weighted by Crippen LogP contribution is -2.36. The predicted octanol–water partition coefficient (Wildman–Crippen LogP) is 1.93. The number of carbonyl (C=O) groups excluding carboxylic acids is 1. The summed E-state index contributed by atoms with van der Waals surface area (Å²) < 4.78 is 5.26. The fraction of sp³-hybridized carbons (Fsp3) is 0.364. The molecule has 1 aromatic rings. The molecule has 0 bridgehead atoms. The number of primary amides is 1. The second-order valence-electron chi connectivity index (χ2n) is 3.75. The molecular weight excluding hydrogens is 263 g/mol. The molecule has 0 aromatic heterocycles. The van der Waals surface area contributed by atoms with Crippen molar-refractivity contribution < 1.29 is 9.53 Å². The average molecular weight is 275 g/mol. The monoisotopic (exact) mass is 274 g/mol. The van der Waals surface area contributed by atoms with Crippen LogP contribution in [0.2, 0.25) is 10.0 Å². The highest BCUT2D eigenvalue weighted by Crippen LogP contribution is 2.30. The zero-order valence-corrected chi connectivity index (χ0v) is 10.6. The van der Waals surface area contributed by atoms with Crippen LogP contribution in [0.3, 0.4) is 0 Å². The molecule has 2 N–H and O–H groups in total. The standard InChI is InChI=1S/C11H12Cl2N2O2/c12-8-5-7(15-1-3-17-4-2-15)6-9(13)10(8)11(14)16/h5-6H,1-4H2,(H2,14,16). The summed E-state index contributed by atoms with van der Waals surface area (Å²) in [6.45, 7) is 2.91. The van der Waals surface area contributed by atoms with Crippen molar-refractivity contribution in [3.63, 3.8) is 0 Å². The SMILES string of the molecule is NC(=O)c1c(Cl)cc(N2CCOCC2)cc1Cl. The molecule has 0 atom stereocenters. The Labute approximate surface area is 109 Å². The molecule has 0 spiro atoms. The van der Waals surface area contributed by atoms with Gasteiger partial charge in [0.05, 0.1) is 28.8 Å². The van der Waals surface area contributed by atoms with Gasteiger partial charge in [0.2, 0.25) is 0 Å². The predicted molar refractivity (Wildman–Crippen MR) is 68.0 cm³/mol. The quantitative estimate of drug-likeness (QED) is 0.897. The lowest BCUT2D eigenvalue weighted by atomic mass is 10.1. The molecule has 1 aliphatic heterocycles. The van der Waals surface area contributed by atoms with Crippen molar-refractivity contribution >= 4 is 34.8 Å². The van der Waals surface area contributed by atoms with Crippen LogP contribution < -0.4 is 10.6 Å². The Morgan fingerprint density at radius 2 is 1.76 bits per heavy atom. The molecule has 4 nitrogen and oxygen atoms in total. The fourth-order valence-electron chi connectivity index (χ4n) is 1.80. The van der Waals surface area contributed by atoms with Crippen molar-refractivity contribution in [2.24, 2.45) is 5.73 Å². The van der Waals surface area contributed by atoms with E-state index in [4.69, 9.17) is 33.7 Å². The van der Waals surface area contributed by atoms with Gasteiger partial charge in [-0.05, 0) is 12.1 Å². The second-order valence-corrected chi connectivity index (χ2v) is 4.56. The summed E-state index contributed by atoms with van der Waals surface area (Å²) in [6.07, 6.45) is 0. The van der Waals surface area contributed by atoms with E-state index in [1.165, 1.54) is 0 Å². The van der Waals surface area contributed by atoms with Crippen LogP contribution in [0.1, 0.15) is 10.4 Å². The third kappa shape index (κ3) is 2.65. The van der Waals surface area contributed by atoms with Crippen LogP contribution in [0, 0.1) is 0 Å². The van der Waals surface area contributed by atoms with Crippen LogP contribution in [-0.4, -0.2) is 32.2 Å². The van der Waals surface area contributed by atoms with Crippen LogP contribution >= 0.6 is 23.2 Å². The number of nitrogens with two attached hydrogens (primary N) is 1. The van der Waals surface area contributed by atoms with Crippen molar-refractivity contribution in [1.82, 2.24) is 0 Å². The zero-order chi connectivity index (χ0) is 12.4. The maximum Gasteiger partial charge on any atom is 0.251 e. The van der Waals surface area contributed by atoms with E-state index in [2.05, 4.69) is 4.90 Å². The number of benzene rings is 1. The number of hydrogen-bond acceptors (Lipinski definition) is 3. The number of ether oxygens (including phenoxy) is 1. The van der Waals surface area contributed by atoms with Crippen molar-refractivity contribution in [2.75, 3.05) is 31.2 Å². The summed E-state index contributed by atoms with van der Waals surface area (Å²) in [5.74, 6) is -0.617. The molecule has 1 fully saturated rings. The second kappa shape index (κ2) is 5.12. The first kappa shape index (κ1) is 12.5. The molecule has 1 aliphatic rings. The van der Waals surface area contributed by atoms with E-state index in [1.807, 2.05) is 0 Å². The van der Waals surface area contributed by atoms with Gasteiger partial charge in [-0.3, -0.25) is 4.79 Å². The minimum absolute atomic E-state index is 0.172. The van der Waals surface area contributed by atoms with Crippen LogP contribution in [0.4, 0.5) is 5.69 Å². The van der Waals surface area contributed by atoms with Gasteiger partial charge in [0.15, 0.2) is 0 Å². The van der Waals surface area contributed by atoms with Crippen molar-refractivity contribution in [1.29, 1.82) is 0 Å². The molecule has 1 heterocycles. The molecule has 2 rings (SSSR count). The molecule has 92 valence electrons. The van der Waals surface area contributed by atoms with Gasteiger partial charge in [-0.15, -0.1) is 0 Å². The van der Waals surface area contributed by atoms with Gasteiger partial charge in [-0.1, -0.05) is 23.2 Å². The largest absolute Gasteiger partial charge is 0.378 e. The lowest BCUT2D eigenvalue weighted by Gasteiger charge is -2.29. The van der Waals surface area contributed by atoms with Crippen molar-refractivity contribution in [3.05, 3.63) is 27.7 Å². The Kier molecular flexibility index (Phi) is 3.76. The smallest absolute Gasteiger partial charge is 0.251 e. The Balaban J connectivity index is 2.34. The fourth-order valence-corrected chi connectivity index (χ4v) is 2.46. The van der Waals surface area contributed by atoms with E-state index >= 15 is 0 Å². The zero-order valence-electron chi connectivity index (χ0n) is 9.08. The van der Waals surface area contributed by atoms with E-state index < -0.39 is 5.91 Å². The number of halogens is 2. The van der Waals surface area contributed by atoms with Gasteiger partial charge in [0.1, 0.15) is 0 Å².